The number of epoxide rings is 1. The molecule has 1 aliphatic heterocycles. The second-order valence-corrected chi connectivity index (χ2v) is 3.48. The Balaban J connectivity index is 0. The first-order chi connectivity index (χ1) is 8.76. The first-order valence-corrected chi connectivity index (χ1v) is 7.07. The molecule has 18 heavy (non-hydrogen) atoms. The second kappa shape index (κ2) is 14.0. The quantitative estimate of drug-likeness (QED) is 0.633. The molecule has 1 fully saturated rings. The van der Waals surface area contributed by atoms with Gasteiger partial charge in [-0.1, -0.05) is 77.1 Å². The third kappa shape index (κ3) is 11.4. The lowest BCUT2D eigenvalue weighted by Crippen LogP contribution is -1.73. The van der Waals surface area contributed by atoms with Crippen LogP contribution in [0.4, 0.5) is 0 Å². The minimum atomic E-state index is 0.634. The predicted molar refractivity (Wildman–Crippen MR) is 84.0 cm³/mol. The molecule has 0 aromatic heterocycles. The molecule has 0 aliphatic carbocycles. The fourth-order valence-corrected chi connectivity index (χ4v) is 1.01. The van der Waals surface area contributed by atoms with Crippen molar-refractivity contribution in [1.29, 1.82) is 0 Å². The van der Waals surface area contributed by atoms with Gasteiger partial charge in [-0.15, -0.1) is 0 Å². The van der Waals surface area contributed by atoms with Gasteiger partial charge in [0.2, 0.25) is 0 Å². The molecule has 104 valence electrons. The fraction of sp³-hybridized carbons (Fsp3) is 0.529. The molecule has 1 aromatic rings. The van der Waals surface area contributed by atoms with E-state index in [1.165, 1.54) is 17.5 Å². The van der Waals surface area contributed by atoms with Gasteiger partial charge in [-0.3, -0.25) is 0 Å². The minimum Gasteiger partial charge on any atom is -0.373 e. The van der Waals surface area contributed by atoms with Crippen molar-refractivity contribution in [3.8, 4) is 0 Å². The van der Waals surface area contributed by atoms with Crippen molar-refractivity contribution in [3.63, 3.8) is 0 Å². The van der Waals surface area contributed by atoms with E-state index in [1.807, 2.05) is 33.8 Å². The largest absolute Gasteiger partial charge is 0.373 e. The summed E-state index contributed by atoms with van der Waals surface area (Å²) in [6.07, 6.45) is 3.68. The third-order valence-corrected chi connectivity index (χ3v) is 2.17. The summed E-state index contributed by atoms with van der Waals surface area (Å²) in [7, 11) is 0. The summed E-state index contributed by atoms with van der Waals surface area (Å²) >= 11 is 0. The number of aryl methyl sites for hydroxylation is 1. The van der Waals surface area contributed by atoms with Crippen molar-refractivity contribution in [2.45, 2.75) is 54.1 Å². The molecule has 0 saturated carbocycles. The molecule has 1 aliphatic rings. The van der Waals surface area contributed by atoms with Crippen molar-refractivity contribution < 1.29 is 4.74 Å². The monoisotopic (exact) mass is 250 g/mol. The van der Waals surface area contributed by atoms with Gasteiger partial charge in [-0.05, 0) is 18.9 Å². The maximum atomic E-state index is 4.86. The number of hydrogen-bond acceptors (Lipinski definition) is 1. The van der Waals surface area contributed by atoms with E-state index >= 15 is 0 Å². The maximum Gasteiger partial charge on any atom is 0.0807 e. The van der Waals surface area contributed by atoms with E-state index in [1.54, 1.807) is 0 Å². The predicted octanol–water partition coefficient (Wildman–Crippen LogP) is 5.49. The SMILES string of the molecule is C=Cc1ccc(C)cc1.CC.CC.CCC1CO1. The Labute approximate surface area is 114 Å². The van der Waals surface area contributed by atoms with Crippen LogP contribution in [-0.4, -0.2) is 12.7 Å². The summed E-state index contributed by atoms with van der Waals surface area (Å²) in [6, 6.07) is 8.28. The molecule has 1 unspecified atom stereocenters. The highest BCUT2D eigenvalue weighted by molar-refractivity contribution is 5.46. The molecular weight excluding hydrogens is 220 g/mol. The van der Waals surface area contributed by atoms with Crippen LogP contribution >= 0.6 is 0 Å². The Bertz CT molecular complexity index is 270. The van der Waals surface area contributed by atoms with Gasteiger partial charge >= 0.3 is 0 Å². The average Bonchev–Trinajstić information content (AvgIpc) is 3.29. The van der Waals surface area contributed by atoms with E-state index < -0.39 is 0 Å². The molecule has 0 radical (unpaired) electrons. The average molecular weight is 250 g/mol. The van der Waals surface area contributed by atoms with E-state index in [2.05, 4.69) is 44.7 Å². The lowest BCUT2D eigenvalue weighted by Gasteiger charge is -1.91. The molecule has 0 spiro atoms. The molecule has 1 nitrogen and oxygen atoms in total. The Morgan fingerprint density at radius 3 is 1.83 bits per heavy atom. The van der Waals surface area contributed by atoms with E-state index in [-0.39, 0.29) is 0 Å². The Kier molecular flexibility index (Phi) is 15.0. The first-order valence-electron chi connectivity index (χ1n) is 7.07. The molecule has 1 heterocycles. The van der Waals surface area contributed by atoms with Gasteiger partial charge in [0.1, 0.15) is 0 Å². The zero-order valence-corrected chi connectivity index (χ0v) is 13.0. The molecule has 0 bridgehead atoms. The molecule has 1 heteroatoms. The number of benzene rings is 1. The summed E-state index contributed by atoms with van der Waals surface area (Å²) < 4.78 is 4.86. The van der Waals surface area contributed by atoms with Crippen LogP contribution in [0.3, 0.4) is 0 Å². The third-order valence-electron chi connectivity index (χ3n) is 2.17. The smallest absolute Gasteiger partial charge is 0.0807 e. The van der Waals surface area contributed by atoms with Gasteiger partial charge in [0, 0.05) is 0 Å². The van der Waals surface area contributed by atoms with Crippen LogP contribution in [0, 0.1) is 6.92 Å². The molecule has 1 saturated heterocycles. The molecule has 1 atom stereocenters. The van der Waals surface area contributed by atoms with Crippen molar-refractivity contribution >= 4 is 6.08 Å². The highest BCUT2D eigenvalue weighted by atomic mass is 16.6. The maximum absolute atomic E-state index is 4.86. The van der Waals surface area contributed by atoms with Crippen LogP contribution < -0.4 is 0 Å². The fourth-order valence-electron chi connectivity index (χ4n) is 1.01. The van der Waals surface area contributed by atoms with Crippen molar-refractivity contribution in [2.24, 2.45) is 0 Å². The number of hydrogen-bond donors (Lipinski definition) is 0. The topological polar surface area (TPSA) is 12.5 Å². The second-order valence-electron chi connectivity index (χ2n) is 3.48. The summed E-state index contributed by atoms with van der Waals surface area (Å²) in [5.74, 6) is 0. The van der Waals surface area contributed by atoms with Crippen molar-refractivity contribution in [1.82, 2.24) is 0 Å². The summed E-state index contributed by atoms with van der Waals surface area (Å²) in [5.41, 5.74) is 2.47. The molecule has 0 N–H and O–H groups in total. The highest BCUT2D eigenvalue weighted by Crippen LogP contribution is 2.10. The summed E-state index contributed by atoms with van der Waals surface area (Å²) in [6.45, 7) is 16.9. The lowest BCUT2D eigenvalue weighted by molar-refractivity contribution is 0.403. The first kappa shape index (κ1) is 19.3. The summed E-state index contributed by atoms with van der Waals surface area (Å²) in [5, 5.41) is 0. The minimum absolute atomic E-state index is 0.634. The van der Waals surface area contributed by atoms with Gasteiger partial charge in [-0.2, -0.15) is 0 Å². The summed E-state index contributed by atoms with van der Waals surface area (Å²) in [4.78, 5) is 0. The van der Waals surface area contributed by atoms with E-state index in [0.29, 0.717) is 6.10 Å². The van der Waals surface area contributed by atoms with E-state index in [9.17, 15) is 0 Å². The van der Waals surface area contributed by atoms with Crippen LogP contribution in [0.2, 0.25) is 0 Å². The Morgan fingerprint density at radius 1 is 1.17 bits per heavy atom. The number of ether oxygens (including phenoxy) is 1. The van der Waals surface area contributed by atoms with Gasteiger partial charge in [0.25, 0.3) is 0 Å². The van der Waals surface area contributed by atoms with E-state index in [4.69, 9.17) is 4.74 Å². The highest BCUT2D eigenvalue weighted by Gasteiger charge is 2.18. The Morgan fingerprint density at radius 2 is 1.61 bits per heavy atom. The molecule has 1 aromatic carbocycles. The molecule has 2 rings (SSSR count). The van der Waals surface area contributed by atoms with Crippen molar-refractivity contribution in [3.05, 3.63) is 42.0 Å². The standard InChI is InChI=1S/C9H10.C4H8O.2C2H6/c1-3-9-6-4-8(2)5-7-9;1-2-4-3-5-4;2*1-2/h3-7H,1H2,2H3;4H,2-3H2,1H3;2*1-2H3. The normalized spacial score (nSPS) is 14.7. The van der Waals surface area contributed by atoms with Crippen LogP contribution in [0.5, 0.6) is 0 Å². The van der Waals surface area contributed by atoms with Crippen LogP contribution in [0.1, 0.15) is 52.2 Å². The Hall–Kier alpha value is -1.08. The van der Waals surface area contributed by atoms with Crippen LogP contribution in [-0.2, 0) is 4.74 Å². The van der Waals surface area contributed by atoms with E-state index in [0.717, 1.165) is 6.61 Å². The number of rotatable bonds is 2. The zero-order valence-electron chi connectivity index (χ0n) is 13.0. The lowest BCUT2D eigenvalue weighted by atomic mass is 10.2. The van der Waals surface area contributed by atoms with Crippen molar-refractivity contribution in [2.75, 3.05) is 6.61 Å². The molecular formula is C17H30O. The molecule has 0 amide bonds. The van der Waals surface area contributed by atoms with Crippen LogP contribution in [0.15, 0.2) is 30.8 Å². The van der Waals surface area contributed by atoms with Gasteiger partial charge in [0.05, 0.1) is 12.7 Å². The van der Waals surface area contributed by atoms with Gasteiger partial charge in [0.15, 0.2) is 0 Å². The zero-order chi connectivity index (χ0) is 14.4. The van der Waals surface area contributed by atoms with Crippen LogP contribution in [0.25, 0.3) is 6.08 Å². The van der Waals surface area contributed by atoms with Gasteiger partial charge in [-0.25, -0.2) is 0 Å². The van der Waals surface area contributed by atoms with Gasteiger partial charge < -0.3 is 4.74 Å².